The summed E-state index contributed by atoms with van der Waals surface area (Å²) in [5, 5.41) is 7.24. The summed E-state index contributed by atoms with van der Waals surface area (Å²) in [4.78, 5) is 28.3. The third-order valence-corrected chi connectivity index (χ3v) is 3.36. The molecule has 2 heterocycles. The number of fused-ring (bicyclic) bond motifs is 1. The highest BCUT2D eigenvalue weighted by molar-refractivity contribution is 5.90. The second-order valence-corrected chi connectivity index (χ2v) is 4.91. The van der Waals surface area contributed by atoms with Gasteiger partial charge in [-0.15, -0.1) is 0 Å². The molecule has 0 atom stereocenters. The highest BCUT2D eigenvalue weighted by atomic mass is 16.2. The average Bonchev–Trinajstić information content (AvgIpc) is 2.90. The zero-order valence-corrected chi connectivity index (χ0v) is 12.1. The van der Waals surface area contributed by atoms with E-state index in [1.807, 2.05) is 30.3 Å². The number of hydrogen-bond acceptors (Lipinski definition) is 4. The maximum atomic E-state index is 12.3. The van der Waals surface area contributed by atoms with E-state index in [1.165, 1.54) is 17.1 Å². The van der Waals surface area contributed by atoms with E-state index in [9.17, 15) is 9.59 Å². The minimum absolute atomic E-state index is 0.149. The first-order valence-electron chi connectivity index (χ1n) is 6.87. The summed E-state index contributed by atoms with van der Waals surface area (Å²) >= 11 is 0. The number of anilines is 1. The van der Waals surface area contributed by atoms with Crippen molar-refractivity contribution in [3.63, 3.8) is 0 Å². The summed E-state index contributed by atoms with van der Waals surface area (Å²) in [6.45, 7) is 0.273. The summed E-state index contributed by atoms with van der Waals surface area (Å²) in [7, 11) is 1.73. The van der Waals surface area contributed by atoms with Crippen molar-refractivity contribution in [2.75, 3.05) is 5.32 Å². The number of hydrogen-bond donors (Lipinski definition) is 1. The Bertz CT molecular complexity index is 867. The van der Waals surface area contributed by atoms with Gasteiger partial charge in [0.1, 0.15) is 5.39 Å². The molecule has 0 fully saturated rings. The molecule has 112 valence electrons. The first kappa shape index (κ1) is 14.0. The second-order valence-electron chi connectivity index (χ2n) is 4.91. The van der Waals surface area contributed by atoms with Gasteiger partial charge in [-0.1, -0.05) is 18.2 Å². The van der Waals surface area contributed by atoms with Crippen molar-refractivity contribution in [3.8, 4) is 0 Å². The van der Waals surface area contributed by atoms with E-state index in [-0.39, 0.29) is 24.4 Å². The van der Waals surface area contributed by atoms with Gasteiger partial charge in [0.25, 0.3) is 5.56 Å². The topological polar surface area (TPSA) is 81.8 Å². The van der Waals surface area contributed by atoms with Crippen molar-refractivity contribution in [2.45, 2.75) is 13.0 Å². The Morgan fingerprint density at radius 2 is 2.05 bits per heavy atom. The molecular formula is C15H15N5O2. The molecule has 0 aliphatic rings. The lowest BCUT2D eigenvalue weighted by atomic mass is 10.3. The monoisotopic (exact) mass is 297 g/mol. The van der Waals surface area contributed by atoms with Crippen LogP contribution in [0.5, 0.6) is 0 Å². The van der Waals surface area contributed by atoms with Crippen molar-refractivity contribution < 1.29 is 4.79 Å². The average molecular weight is 297 g/mol. The van der Waals surface area contributed by atoms with Gasteiger partial charge in [-0.2, -0.15) is 5.10 Å². The fourth-order valence-corrected chi connectivity index (χ4v) is 2.19. The summed E-state index contributed by atoms with van der Waals surface area (Å²) in [5.74, 6) is -0.149. The number of aryl methyl sites for hydroxylation is 2. The number of benzene rings is 1. The van der Waals surface area contributed by atoms with Gasteiger partial charge in [0.15, 0.2) is 5.65 Å². The van der Waals surface area contributed by atoms with Gasteiger partial charge in [-0.3, -0.25) is 18.8 Å². The number of aromatic nitrogens is 4. The molecule has 3 aromatic rings. The van der Waals surface area contributed by atoms with Gasteiger partial charge in [0, 0.05) is 25.7 Å². The molecule has 0 unspecified atom stereocenters. The second kappa shape index (κ2) is 5.80. The largest absolute Gasteiger partial charge is 0.326 e. The number of nitrogens with one attached hydrogen (secondary N) is 1. The van der Waals surface area contributed by atoms with E-state index in [2.05, 4.69) is 15.4 Å². The predicted molar refractivity (Wildman–Crippen MR) is 82.5 cm³/mol. The molecule has 7 nitrogen and oxygen atoms in total. The molecule has 2 aromatic heterocycles. The highest BCUT2D eigenvalue weighted by Crippen LogP contribution is 2.06. The summed E-state index contributed by atoms with van der Waals surface area (Å²) in [6, 6.07) is 9.20. The molecule has 0 bridgehead atoms. The zero-order valence-electron chi connectivity index (χ0n) is 12.1. The van der Waals surface area contributed by atoms with Gasteiger partial charge in [0.05, 0.1) is 12.5 Å². The van der Waals surface area contributed by atoms with Crippen LogP contribution < -0.4 is 10.9 Å². The minimum atomic E-state index is -0.189. The molecule has 0 aliphatic heterocycles. The number of para-hydroxylation sites is 1. The van der Waals surface area contributed by atoms with Crippen molar-refractivity contribution in [3.05, 3.63) is 53.2 Å². The van der Waals surface area contributed by atoms with Crippen LogP contribution in [0.2, 0.25) is 0 Å². The quantitative estimate of drug-likeness (QED) is 0.783. The Labute approximate surface area is 126 Å². The van der Waals surface area contributed by atoms with Gasteiger partial charge < -0.3 is 5.32 Å². The molecule has 1 amide bonds. The first-order chi connectivity index (χ1) is 10.6. The van der Waals surface area contributed by atoms with Crippen LogP contribution in [-0.2, 0) is 18.4 Å². The van der Waals surface area contributed by atoms with Crippen molar-refractivity contribution in [1.29, 1.82) is 0 Å². The van der Waals surface area contributed by atoms with Crippen LogP contribution in [0.1, 0.15) is 6.42 Å². The van der Waals surface area contributed by atoms with E-state index in [0.29, 0.717) is 11.0 Å². The molecule has 1 N–H and O–H groups in total. The molecule has 7 heteroatoms. The van der Waals surface area contributed by atoms with E-state index in [0.717, 1.165) is 5.69 Å². The Morgan fingerprint density at radius 3 is 2.82 bits per heavy atom. The van der Waals surface area contributed by atoms with E-state index in [1.54, 1.807) is 11.7 Å². The lowest BCUT2D eigenvalue weighted by Crippen LogP contribution is -2.23. The lowest BCUT2D eigenvalue weighted by molar-refractivity contribution is -0.116. The molecule has 0 aliphatic carbocycles. The predicted octanol–water partition coefficient (Wildman–Crippen LogP) is 1.16. The number of amides is 1. The number of carbonyl (C=O) groups is 1. The van der Waals surface area contributed by atoms with E-state index >= 15 is 0 Å². The summed E-state index contributed by atoms with van der Waals surface area (Å²) < 4.78 is 2.97. The molecular weight excluding hydrogens is 282 g/mol. The number of rotatable bonds is 4. The smallest absolute Gasteiger partial charge is 0.264 e. The third-order valence-electron chi connectivity index (χ3n) is 3.36. The van der Waals surface area contributed by atoms with Crippen molar-refractivity contribution in [2.24, 2.45) is 7.05 Å². The summed E-state index contributed by atoms with van der Waals surface area (Å²) in [6.07, 6.45) is 3.13. The van der Waals surface area contributed by atoms with Crippen LogP contribution in [0.15, 0.2) is 47.7 Å². The molecule has 3 rings (SSSR count). The standard InChI is InChI=1S/C15H15N5O2/c1-19-14-12(9-17-19)15(22)20(10-16-14)8-7-13(21)18-11-5-3-2-4-6-11/h2-6,9-10H,7-8H2,1H3,(H,18,21). The van der Waals surface area contributed by atoms with Gasteiger partial charge >= 0.3 is 0 Å². The highest BCUT2D eigenvalue weighted by Gasteiger charge is 2.09. The number of carbonyl (C=O) groups excluding carboxylic acids is 1. The first-order valence-corrected chi connectivity index (χ1v) is 6.87. The third kappa shape index (κ3) is 2.73. The Kier molecular flexibility index (Phi) is 3.69. The van der Waals surface area contributed by atoms with Crippen LogP contribution in [0, 0.1) is 0 Å². The Morgan fingerprint density at radius 1 is 1.27 bits per heavy atom. The van der Waals surface area contributed by atoms with Gasteiger partial charge in [-0.25, -0.2) is 4.98 Å². The van der Waals surface area contributed by atoms with Crippen LogP contribution in [-0.4, -0.2) is 25.2 Å². The fourth-order valence-electron chi connectivity index (χ4n) is 2.19. The van der Waals surface area contributed by atoms with E-state index < -0.39 is 0 Å². The molecule has 1 aromatic carbocycles. The Hall–Kier alpha value is -2.96. The molecule has 0 saturated carbocycles. The maximum absolute atomic E-state index is 12.3. The molecule has 0 spiro atoms. The van der Waals surface area contributed by atoms with Crippen molar-refractivity contribution >= 4 is 22.6 Å². The molecule has 0 radical (unpaired) electrons. The van der Waals surface area contributed by atoms with Crippen molar-refractivity contribution in [1.82, 2.24) is 19.3 Å². The van der Waals surface area contributed by atoms with Crippen LogP contribution >= 0.6 is 0 Å². The normalized spacial score (nSPS) is 10.8. The minimum Gasteiger partial charge on any atom is -0.326 e. The summed E-state index contributed by atoms with van der Waals surface area (Å²) in [5.41, 5.74) is 1.08. The zero-order chi connectivity index (χ0) is 15.5. The Balaban J connectivity index is 1.70. The van der Waals surface area contributed by atoms with Gasteiger partial charge in [-0.05, 0) is 12.1 Å². The number of nitrogens with zero attached hydrogens (tertiary/aromatic N) is 4. The molecule has 22 heavy (non-hydrogen) atoms. The van der Waals surface area contributed by atoms with Crippen LogP contribution in [0.25, 0.3) is 11.0 Å². The SMILES string of the molecule is Cn1ncc2c(=O)n(CCC(=O)Nc3ccccc3)cnc21. The van der Waals surface area contributed by atoms with Crippen LogP contribution in [0.3, 0.4) is 0 Å². The maximum Gasteiger partial charge on any atom is 0.264 e. The fraction of sp³-hybridized carbons (Fsp3) is 0.200. The molecule has 0 saturated heterocycles. The van der Waals surface area contributed by atoms with Crippen LogP contribution in [0.4, 0.5) is 5.69 Å². The van der Waals surface area contributed by atoms with E-state index in [4.69, 9.17) is 0 Å². The van der Waals surface area contributed by atoms with Gasteiger partial charge in [0.2, 0.25) is 5.91 Å². The lowest BCUT2D eigenvalue weighted by Gasteiger charge is -2.07.